The maximum Gasteiger partial charge on any atom is 0.312 e. The van der Waals surface area contributed by atoms with Crippen LogP contribution in [-0.4, -0.2) is 58.5 Å². The molecular weight excluding hydrogens is 600 g/mol. The number of carbonyl (C=O) groups excluding carboxylic acids is 4. The number of hydrogen-bond acceptors (Lipinski definition) is 9. The van der Waals surface area contributed by atoms with Gasteiger partial charge in [-0.05, 0) is 135 Å². The fraction of sp³-hybridized carbons (Fsp3) is 0.895. The maximum atomic E-state index is 14.2. The number of aliphatic hydroxyl groups is 1. The Morgan fingerprint density at radius 1 is 0.894 bits per heavy atom. The summed E-state index contributed by atoms with van der Waals surface area (Å²) < 4.78 is 24.5. The molecule has 9 nitrogen and oxygen atoms in total. The van der Waals surface area contributed by atoms with E-state index >= 15 is 0 Å². The van der Waals surface area contributed by atoms with Crippen molar-refractivity contribution >= 4 is 23.9 Å². The molecule has 1 saturated heterocycles. The summed E-state index contributed by atoms with van der Waals surface area (Å²) in [6, 6.07) is 0. The Morgan fingerprint density at radius 3 is 2.17 bits per heavy atom. The molecule has 0 aromatic carbocycles. The number of carbonyl (C=O) groups is 4. The van der Waals surface area contributed by atoms with Gasteiger partial charge in [0, 0.05) is 11.8 Å². The third kappa shape index (κ3) is 5.82. The molecule has 0 amide bonds. The molecule has 0 spiro atoms. The summed E-state index contributed by atoms with van der Waals surface area (Å²) in [5.41, 5.74) is -3.12. The minimum Gasteiger partial charge on any atom is -0.461 e. The fourth-order valence-corrected chi connectivity index (χ4v) is 11.4. The maximum absolute atomic E-state index is 14.2. The van der Waals surface area contributed by atoms with Crippen molar-refractivity contribution in [3.63, 3.8) is 0 Å². The van der Waals surface area contributed by atoms with Crippen LogP contribution in [0.25, 0.3) is 0 Å². The molecule has 0 aromatic rings. The van der Waals surface area contributed by atoms with E-state index in [9.17, 15) is 24.3 Å². The highest BCUT2D eigenvalue weighted by molar-refractivity contribution is 5.81. The lowest BCUT2D eigenvalue weighted by atomic mass is 9.53. The van der Waals surface area contributed by atoms with Gasteiger partial charge in [-0.2, -0.15) is 0 Å². The molecule has 1 N–H and O–H groups in total. The van der Waals surface area contributed by atoms with E-state index in [0.29, 0.717) is 31.6 Å². The first-order valence-corrected chi connectivity index (χ1v) is 18.7. The van der Waals surface area contributed by atoms with Crippen LogP contribution in [0.4, 0.5) is 0 Å². The normalized spacial score (nSPS) is 41.0. The summed E-state index contributed by atoms with van der Waals surface area (Å²) in [5.74, 6) is -0.901. The van der Waals surface area contributed by atoms with E-state index in [4.69, 9.17) is 18.9 Å². The predicted octanol–water partition coefficient (Wildman–Crippen LogP) is 6.07. The number of esters is 4. The van der Waals surface area contributed by atoms with Crippen LogP contribution in [0, 0.1) is 52.3 Å². The molecule has 9 atom stereocenters. The molecule has 262 valence electrons. The zero-order valence-corrected chi connectivity index (χ0v) is 29.1. The molecule has 1 aliphatic heterocycles. The molecule has 8 fully saturated rings. The monoisotopic (exact) mass is 656 g/mol. The molecule has 0 aromatic heterocycles. The molecule has 1 heterocycles. The van der Waals surface area contributed by atoms with E-state index in [1.165, 1.54) is 0 Å². The van der Waals surface area contributed by atoms with Crippen LogP contribution >= 0.6 is 0 Å². The van der Waals surface area contributed by atoms with Crippen LogP contribution in [0.3, 0.4) is 0 Å². The molecule has 9 unspecified atom stereocenters. The Kier molecular flexibility index (Phi) is 8.32. The van der Waals surface area contributed by atoms with Gasteiger partial charge >= 0.3 is 23.9 Å². The molecular formula is C38H56O9. The van der Waals surface area contributed by atoms with Crippen molar-refractivity contribution in [3.05, 3.63) is 0 Å². The number of ether oxygens (including phenoxy) is 4. The topological polar surface area (TPSA) is 125 Å². The minimum atomic E-state index is -1.00. The first-order valence-electron chi connectivity index (χ1n) is 18.7. The average molecular weight is 657 g/mol. The first kappa shape index (κ1) is 33.3. The summed E-state index contributed by atoms with van der Waals surface area (Å²) in [7, 11) is 0. The number of rotatable bonds is 12. The summed E-state index contributed by atoms with van der Waals surface area (Å²) in [6.45, 7) is 9.51. The van der Waals surface area contributed by atoms with Gasteiger partial charge in [0.05, 0.1) is 28.3 Å². The van der Waals surface area contributed by atoms with Crippen molar-refractivity contribution in [1.82, 2.24) is 0 Å². The molecule has 7 aliphatic carbocycles. The average Bonchev–Trinajstić information content (AvgIpc) is 3.77. The molecule has 6 bridgehead atoms. The lowest BCUT2D eigenvalue weighted by Crippen LogP contribution is -2.58. The van der Waals surface area contributed by atoms with Crippen molar-refractivity contribution < 1.29 is 43.2 Å². The second kappa shape index (κ2) is 11.7. The molecule has 0 radical (unpaired) electrons. The minimum absolute atomic E-state index is 0.0660. The quantitative estimate of drug-likeness (QED) is 0.197. The third-order valence-corrected chi connectivity index (χ3v) is 14.1. The van der Waals surface area contributed by atoms with Crippen molar-refractivity contribution in [2.45, 2.75) is 160 Å². The van der Waals surface area contributed by atoms with Gasteiger partial charge in [0.2, 0.25) is 0 Å². The van der Waals surface area contributed by atoms with Gasteiger partial charge in [0.1, 0.15) is 23.9 Å². The van der Waals surface area contributed by atoms with Gasteiger partial charge in [0.25, 0.3) is 0 Å². The number of fused-ring (bicyclic) bond motifs is 1. The van der Waals surface area contributed by atoms with Crippen LogP contribution in [0.2, 0.25) is 0 Å². The van der Waals surface area contributed by atoms with Gasteiger partial charge < -0.3 is 24.1 Å². The highest BCUT2D eigenvalue weighted by atomic mass is 16.6. The molecule has 8 rings (SSSR count). The smallest absolute Gasteiger partial charge is 0.312 e. The Hall–Kier alpha value is -2.16. The van der Waals surface area contributed by atoms with Gasteiger partial charge in [0.15, 0.2) is 0 Å². The van der Waals surface area contributed by atoms with Crippen LogP contribution in [-0.2, 0) is 38.1 Å². The van der Waals surface area contributed by atoms with E-state index < -0.39 is 34.1 Å². The predicted molar refractivity (Wildman–Crippen MR) is 170 cm³/mol. The van der Waals surface area contributed by atoms with Gasteiger partial charge in [-0.15, -0.1) is 0 Å². The van der Waals surface area contributed by atoms with Gasteiger partial charge in [-0.1, -0.05) is 13.8 Å². The summed E-state index contributed by atoms with van der Waals surface area (Å²) in [6.07, 6.45) is 9.98. The Bertz CT molecular complexity index is 1270. The third-order valence-electron chi connectivity index (χ3n) is 14.1. The van der Waals surface area contributed by atoms with E-state index in [1.807, 2.05) is 27.7 Å². The van der Waals surface area contributed by atoms with Crippen LogP contribution in [0.15, 0.2) is 0 Å². The number of hydrogen-bond donors (Lipinski definition) is 1. The largest absolute Gasteiger partial charge is 0.461 e. The van der Waals surface area contributed by atoms with Crippen molar-refractivity contribution in [2.24, 2.45) is 52.3 Å². The molecule has 47 heavy (non-hydrogen) atoms. The highest BCUT2D eigenvalue weighted by Crippen LogP contribution is 2.58. The van der Waals surface area contributed by atoms with Crippen LogP contribution in [0.1, 0.15) is 131 Å². The van der Waals surface area contributed by atoms with E-state index in [2.05, 4.69) is 6.92 Å². The first-order chi connectivity index (χ1) is 22.2. The Balaban J connectivity index is 1.07. The Labute approximate surface area is 279 Å². The Morgan fingerprint density at radius 2 is 1.55 bits per heavy atom. The lowest BCUT2D eigenvalue weighted by molar-refractivity contribution is -0.205. The lowest BCUT2D eigenvalue weighted by Gasteiger charge is -2.57. The zero-order valence-electron chi connectivity index (χ0n) is 29.1. The van der Waals surface area contributed by atoms with Crippen LogP contribution in [0.5, 0.6) is 0 Å². The standard InChI is InChI=1S/C38H56O9/c1-6-36(5,34(42)46-29-22-14-26-27(15-22)32(40)44-30(26)29)18-25(31(39)47-38(7-2)10-8-9-11-38)17-35(3,4)33(41)45-28-23-12-21-13-24(28)20-37(43,16-21)19-23/h21-30,43H,6-20H2,1-5H3. The van der Waals surface area contributed by atoms with E-state index in [1.54, 1.807) is 0 Å². The summed E-state index contributed by atoms with van der Waals surface area (Å²) >= 11 is 0. The van der Waals surface area contributed by atoms with Crippen LogP contribution < -0.4 is 0 Å². The van der Waals surface area contributed by atoms with E-state index in [-0.39, 0.29) is 78.5 Å². The second-order valence-corrected chi connectivity index (χ2v) is 17.9. The molecule has 8 aliphatic rings. The second-order valence-electron chi connectivity index (χ2n) is 17.9. The van der Waals surface area contributed by atoms with Gasteiger partial charge in [-0.3, -0.25) is 19.2 Å². The molecule has 9 heteroatoms. The van der Waals surface area contributed by atoms with Crippen molar-refractivity contribution in [1.29, 1.82) is 0 Å². The highest BCUT2D eigenvalue weighted by Gasteiger charge is 2.64. The summed E-state index contributed by atoms with van der Waals surface area (Å²) in [5, 5.41) is 11.0. The molecule has 7 saturated carbocycles. The SMILES string of the molecule is CCC1(OC(=O)C(CC(C)(C)C(=O)OC2C3CC4CC2CC(O)(C4)C3)CC(C)(CC)C(=O)OC2C3CC4C(=O)OC2C4C3)CCCC1. The van der Waals surface area contributed by atoms with Gasteiger partial charge in [-0.25, -0.2) is 0 Å². The zero-order chi connectivity index (χ0) is 33.5. The summed E-state index contributed by atoms with van der Waals surface area (Å²) in [4.78, 5) is 54.5. The van der Waals surface area contributed by atoms with Crippen molar-refractivity contribution in [3.8, 4) is 0 Å². The van der Waals surface area contributed by atoms with E-state index in [0.717, 1.165) is 57.8 Å². The fourth-order valence-electron chi connectivity index (χ4n) is 11.4. The van der Waals surface area contributed by atoms with Crippen molar-refractivity contribution in [2.75, 3.05) is 0 Å².